The predicted molar refractivity (Wildman–Crippen MR) is 140 cm³/mol. The van der Waals surface area contributed by atoms with E-state index in [2.05, 4.69) is 15.6 Å². The Balaban J connectivity index is 1.43. The lowest BCUT2D eigenvalue weighted by Crippen LogP contribution is -2.42. The van der Waals surface area contributed by atoms with Gasteiger partial charge in [-0.3, -0.25) is 4.79 Å². The summed E-state index contributed by atoms with van der Waals surface area (Å²) in [6.45, 7) is -1.54. The van der Waals surface area contributed by atoms with E-state index in [0.29, 0.717) is 33.3 Å². The van der Waals surface area contributed by atoms with Crippen LogP contribution in [0.25, 0.3) is 11.3 Å². The summed E-state index contributed by atoms with van der Waals surface area (Å²) in [5.41, 5.74) is 2.43. The summed E-state index contributed by atoms with van der Waals surface area (Å²) in [5.74, 6) is -0.312. The number of nitrogens with one attached hydrogen (secondary N) is 1. The molecule has 1 aliphatic heterocycles. The normalized spacial score (nSPS) is 15.4. The van der Waals surface area contributed by atoms with E-state index >= 15 is 0 Å². The van der Waals surface area contributed by atoms with Crippen LogP contribution < -0.4 is 19.7 Å². The zero-order valence-corrected chi connectivity index (χ0v) is 21.6. The molecule has 208 valence electrons. The van der Waals surface area contributed by atoms with E-state index in [1.165, 1.54) is 36.2 Å². The third-order valence-electron chi connectivity index (χ3n) is 6.62. The monoisotopic (exact) mass is 555 g/mol. The van der Waals surface area contributed by atoms with E-state index in [1.807, 2.05) is 24.3 Å². The number of methoxy groups -OCH3 is 2. The SMILES string of the molecule is COc1cccc(Nc2ccc(-c3cn(C4CCc5c(F)cccc5N(CC(F)(F)F)C4=O)nn3)cc2OC)c1. The van der Waals surface area contributed by atoms with E-state index < -0.39 is 30.5 Å². The van der Waals surface area contributed by atoms with Gasteiger partial charge >= 0.3 is 6.18 Å². The first-order valence-corrected chi connectivity index (χ1v) is 12.3. The van der Waals surface area contributed by atoms with Crippen LogP contribution in [0.4, 0.5) is 34.6 Å². The maximum atomic E-state index is 14.5. The first kappa shape index (κ1) is 27.0. The van der Waals surface area contributed by atoms with Crippen molar-refractivity contribution in [3.63, 3.8) is 0 Å². The van der Waals surface area contributed by atoms with Gasteiger partial charge in [-0.05, 0) is 49.2 Å². The molecule has 0 saturated carbocycles. The minimum Gasteiger partial charge on any atom is -0.497 e. The summed E-state index contributed by atoms with van der Waals surface area (Å²) in [4.78, 5) is 14.0. The lowest BCUT2D eigenvalue weighted by Gasteiger charge is -2.26. The Morgan fingerprint density at radius 1 is 1.05 bits per heavy atom. The van der Waals surface area contributed by atoms with Crippen molar-refractivity contribution in [3.8, 4) is 22.8 Å². The predicted octanol–water partition coefficient (Wildman–Crippen LogP) is 5.93. The molecule has 5 rings (SSSR count). The van der Waals surface area contributed by atoms with Crippen LogP contribution in [0, 0.1) is 5.82 Å². The highest BCUT2D eigenvalue weighted by Gasteiger charge is 2.40. The van der Waals surface area contributed by atoms with Gasteiger partial charge in [0.1, 0.15) is 35.6 Å². The van der Waals surface area contributed by atoms with E-state index in [4.69, 9.17) is 9.47 Å². The molecule has 40 heavy (non-hydrogen) atoms. The number of hydrogen-bond acceptors (Lipinski definition) is 6. The van der Waals surface area contributed by atoms with Gasteiger partial charge in [0.2, 0.25) is 0 Å². The summed E-state index contributed by atoms with van der Waals surface area (Å²) in [7, 11) is 3.10. The van der Waals surface area contributed by atoms with Gasteiger partial charge in [-0.1, -0.05) is 23.4 Å². The number of carbonyl (C=O) groups is 1. The molecule has 0 saturated heterocycles. The van der Waals surface area contributed by atoms with Crippen LogP contribution >= 0.6 is 0 Å². The number of amides is 1. The molecule has 1 aliphatic rings. The number of nitrogens with zero attached hydrogens (tertiary/aromatic N) is 4. The first-order chi connectivity index (χ1) is 19.2. The second-order valence-corrected chi connectivity index (χ2v) is 9.19. The number of hydrogen-bond donors (Lipinski definition) is 1. The zero-order chi connectivity index (χ0) is 28.4. The number of rotatable bonds is 7. The van der Waals surface area contributed by atoms with Crippen molar-refractivity contribution >= 4 is 23.0 Å². The number of aromatic nitrogens is 3. The molecule has 2 heterocycles. The van der Waals surface area contributed by atoms with Crippen molar-refractivity contribution in [3.05, 3.63) is 78.2 Å². The first-order valence-electron chi connectivity index (χ1n) is 12.3. The van der Waals surface area contributed by atoms with Crippen molar-refractivity contribution in [2.75, 3.05) is 31.0 Å². The summed E-state index contributed by atoms with van der Waals surface area (Å²) < 4.78 is 66.9. The molecule has 1 aromatic heterocycles. The third-order valence-corrected chi connectivity index (χ3v) is 6.62. The van der Waals surface area contributed by atoms with Crippen LogP contribution in [0.2, 0.25) is 0 Å². The number of anilines is 3. The molecule has 0 bridgehead atoms. The molecule has 1 amide bonds. The average molecular weight is 556 g/mol. The largest absolute Gasteiger partial charge is 0.497 e. The second-order valence-electron chi connectivity index (χ2n) is 9.19. The summed E-state index contributed by atoms with van der Waals surface area (Å²) >= 11 is 0. The molecular formula is C28H25F4N5O3. The molecule has 1 atom stereocenters. The van der Waals surface area contributed by atoms with Crippen molar-refractivity contribution in [1.82, 2.24) is 15.0 Å². The Morgan fingerprint density at radius 3 is 2.60 bits per heavy atom. The minimum absolute atomic E-state index is 0.0522. The second kappa shape index (κ2) is 10.9. The Morgan fingerprint density at radius 2 is 1.85 bits per heavy atom. The van der Waals surface area contributed by atoms with Gasteiger partial charge in [-0.2, -0.15) is 13.2 Å². The molecule has 0 radical (unpaired) electrons. The van der Waals surface area contributed by atoms with Crippen LogP contribution in [0.3, 0.4) is 0 Å². The highest BCUT2D eigenvalue weighted by molar-refractivity contribution is 5.97. The van der Waals surface area contributed by atoms with E-state index in [1.54, 1.807) is 25.3 Å². The van der Waals surface area contributed by atoms with Gasteiger partial charge in [0, 0.05) is 22.9 Å². The van der Waals surface area contributed by atoms with Gasteiger partial charge in [0.25, 0.3) is 5.91 Å². The Bertz CT molecular complexity index is 1540. The third kappa shape index (κ3) is 5.56. The fraction of sp³-hybridized carbons (Fsp3) is 0.250. The molecule has 3 aromatic carbocycles. The Hall–Kier alpha value is -4.61. The van der Waals surface area contributed by atoms with Gasteiger partial charge in [0.15, 0.2) is 0 Å². The van der Waals surface area contributed by atoms with Gasteiger partial charge < -0.3 is 19.7 Å². The number of benzene rings is 3. The minimum atomic E-state index is -4.68. The topological polar surface area (TPSA) is 81.5 Å². The number of carbonyl (C=O) groups excluding carboxylic acids is 1. The van der Waals surface area contributed by atoms with Crippen molar-refractivity contribution in [1.29, 1.82) is 0 Å². The number of halogens is 4. The molecular weight excluding hydrogens is 530 g/mol. The van der Waals surface area contributed by atoms with Crippen molar-refractivity contribution in [2.24, 2.45) is 0 Å². The summed E-state index contributed by atoms with van der Waals surface area (Å²) in [5, 5.41) is 11.5. The molecule has 8 nitrogen and oxygen atoms in total. The number of ether oxygens (including phenoxy) is 2. The maximum absolute atomic E-state index is 14.5. The van der Waals surface area contributed by atoms with Gasteiger partial charge in [-0.25, -0.2) is 9.07 Å². The molecule has 4 aromatic rings. The molecule has 0 fully saturated rings. The zero-order valence-electron chi connectivity index (χ0n) is 21.6. The van der Waals surface area contributed by atoms with Gasteiger partial charge in [-0.15, -0.1) is 5.10 Å². The smallest absolute Gasteiger partial charge is 0.406 e. The summed E-state index contributed by atoms with van der Waals surface area (Å²) in [6, 6.07) is 15.3. The van der Waals surface area contributed by atoms with Crippen LogP contribution in [-0.2, 0) is 11.2 Å². The molecule has 1 unspecified atom stereocenters. The Kier molecular flexibility index (Phi) is 7.33. The molecule has 12 heteroatoms. The van der Waals surface area contributed by atoms with Crippen LogP contribution in [-0.4, -0.2) is 47.8 Å². The van der Waals surface area contributed by atoms with E-state index in [-0.39, 0.29) is 24.1 Å². The lowest BCUT2D eigenvalue weighted by atomic mass is 10.1. The van der Waals surface area contributed by atoms with Crippen molar-refractivity contribution in [2.45, 2.75) is 25.1 Å². The molecule has 1 N–H and O–H groups in total. The van der Waals surface area contributed by atoms with Crippen LogP contribution in [0.1, 0.15) is 18.0 Å². The van der Waals surface area contributed by atoms with E-state index in [9.17, 15) is 22.4 Å². The number of alkyl halides is 3. The highest BCUT2D eigenvalue weighted by atomic mass is 19.4. The van der Waals surface area contributed by atoms with Crippen LogP contribution in [0.15, 0.2) is 66.9 Å². The average Bonchev–Trinajstić information content (AvgIpc) is 3.37. The van der Waals surface area contributed by atoms with Gasteiger partial charge in [0.05, 0.1) is 31.8 Å². The molecule has 0 spiro atoms. The molecule has 0 aliphatic carbocycles. The lowest BCUT2D eigenvalue weighted by molar-refractivity contribution is -0.134. The quantitative estimate of drug-likeness (QED) is 0.285. The van der Waals surface area contributed by atoms with Crippen molar-refractivity contribution < 1.29 is 31.8 Å². The fourth-order valence-corrected chi connectivity index (χ4v) is 4.71. The van der Waals surface area contributed by atoms with Crippen LogP contribution in [0.5, 0.6) is 11.5 Å². The fourth-order valence-electron chi connectivity index (χ4n) is 4.71. The highest BCUT2D eigenvalue weighted by Crippen LogP contribution is 2.36. The number of fused-ring (bicyclic) bond motifs is 1. The maximum Gasteiger partial charge on any atom is 0.406 e. The standard InChI is InChI=1S/C28H25F4N5O3/c1-39-19-6-3-5-18(14-19)33-22-11-9-17(13-26(22)40-2)23-15-37(35-34-23)25-12-10-20-21(29)7-4-8-24(20)36(27(25)38)16-28(30,31)32/h3-9,11,13-15,25,33H,10,12,16H2,1-2H3. The summed E-state index contributed by atoms with van der Waals surface area (Å²) in [6.07, 6.45) is -3.08. The Labute approximate surface area is 227 Å². The van der Waals surface area contributed by atoms with E-state index in [0.717, 1.165) is 5.69 Å².